The predicted molar refractivity (Wildman–Crippen MR) is 83.6 cm³/mol. The van der Waals surface area contributed by atoms with E-state index in [2.05, 4.69) is 34.5 Å². The lowest BCUT2D eigenvalue weighted by Gasteiger charge is -2.27. The molecule has 1 aromatic rings. The van der Waals surface area contributed by atoms with Crippen LogP contribution in [0.5, 0.6) is 5.75 Å². The summed E-state index contributed by atoms with van der Waals surface area (Å²) < 4.78 is 5.82. The summed E-state index contributed by atoms with van der Waals surface area (Å²) >= 11 is 0. The zero-order chi connectivity index (χ0) is 13.6. The fourth-order valence-electron chi connectivity index (χ4n) is 3.33. The van der Waals surface area contributed by atoms with Gasteiger partial charge in [0.15, 0.2) is 0 Å². The van der Waals surface area contributed by atoms with E-state index < -0.39 is 0 Å². The normalized spacial score (nSPS) is 22.8. The van der Waals surface area contributed by atoms with E-state index in [1.165, 1.54) is 44.3 Å². The van der Waals surface area contributed by atoms with Gasteiger partial charge in [0.05, 0.1) is 12.3 Å². The summed E-state index contributed by atoms with van der Waals surface area (Å²) in [6.45, 7) is 4.33. The molecule has 110 valence electrons. The summed E-state index contributed by atoms with van der Waals surface area (Å²) in [6, 6.07) is 9.22. The van der Waals surface area contributed by atoms with E-state index in [-0.39, 0.29) is 0 Å². The van der Waals surface area contributed by atoms with Crippen LogP contribution in [0.1, 0.15) is 38.5 Å². The number of hydrogen-bond donors (Lipinski definition) is 1. The van der Waals surface area contributed by atoms with Gasteiger partial charge in [-0.3, -0.25) is 0 Å². The Hall–Kier alpha value is -1.22. The molecule has 20 heavy (non-hydrogen) atoms. The molecule has 0 aromatic heterocycles. The van der Waals surface area contributed by atoms with Crippen LogP contribution < -0.4 is 15.0 Å². The van der Waals surface area contributed by atoms with Gasteiger partial charge in [0.1, 0.15) is 5.75 Å². The molecule has 3 heteroatoms. The van der Waals surface area contributed by atoms with Gasteiger partial charge in [0.2, 0.25) is 0 Å². The average Bonchev–Trinajstić information content (AvgIpc) is 2.71. The molecule has 1 saturated heterocycles. The summed E-state index contributed by atoms with van der Waals surface area (Å²) in [4.78, 5) is 2.51. The van der Waals surface area contributed by atoms with Crippen LogP contribution in [0.3, 0.4) is 0 Å². The quantitative estimate of drug-likeness (QED) is 0.912. The first kappa shape index (κ1) is 13.7. The second-order valence-electron chi connectivity index (χ2n) is 5.95. The molecule has 1 aromatic carbocycles. The monoisotopic (exact) mass is 274 g/mol. The van der Waals surface area contributed by atoms with E-state index in [0.717, 1.165) is 37.9 Å². The second kappa shape index (κ2) is 6.98. The van der Waals surface area contributed by atoms with E-state index in [4.69, 9.17) is 4.74 Å². The number of benzene rings is 1. The molecule has 1 unspecified atom stereocenters. The molecule has 2 heterocycles. The fraction of sp³-hybridized carbons (Fsp3) is 0.647. The minimum absolute atomic E-state index is 0.752. The Kier molecular flexibility index (Phi) is 4.80. The van der Waals surface area contributed by atoms with Crippen molar-refractivity contribution in [2.24, 2.45) is 0 Å². The van der Waals surface area contributed by atoms with Crippen LogP contribution in [0, 0.1) is 0 Å². The standard InChI is InChI=1S/C17H26N2O/c1-2-10-17-16(9-1)19(13-6-14-20-17)12-5-8-15-7-3-4-11-18-15/h1-2,9-10,15,18H,3-8,11-14H2. The van der Waals surface area contributed by atoms with Crippen LogP contribution >= 0.6 is 0 Å². The van der Waals surface area contributed by atoms with Crippen molar-refractivity contribution in [1.29, 1.82) is 0 Å². The Bertz CT molecular complexity index is 415. The summed E-state index contributed by atoms with van der Waals surface area (Å²) in [5.41, 5.74) is 1.28. The zero-order valence-corrected chi connectivity index (χ0v) is 12.3. The molecule has 3 nitrogen and oxygen atoms in total. The number of nitrogens with one attached hydrogen (secondary N) is 1. The third-order valence-corrected chi connectivity index (χ3v) is 4.43. The van der Waals surface area contributed by atoms with Gasteiger partial charge in [-0.1, -0.05) is 18.6 Å². The molecule has 0 spiro atoms. The lowest BCUT2D eigenvalue weighted by atomic mass is 10.0. The van der Waals surface area contributed by atoms with Gasteiger partial charge in [-0.2, -0.15) is 0 Å². The maximum atomic E-state index is 5.82. The summed E-state index contributed by atoms with van der Waals surface area (Å²) in [6.07, 6.45) is 7.81. The third-order valence-electron chi connectivity index (χ3n) is 4.43. The molecule has 2 aliphatic rings. The molecule has 0 amide bonds. The maximum Gasteiger partial charge on any atom is 0.142 e. The van der Waals surface area contributed by atoms with Gasteiger partial charge in [0, 0.05) is 19.1 Å². The Morgan fingerprint density at radius 2 is 2.15 bits per heavy atom. The highest BCUT2D eigenvalue weighted by molar-refractivity contribution is 5.58. The largest absolute Gasteiger partial charge is 0.491 e. The van der Waals surface area contributed by atoms with Gasteiger partial charge in [-0.05, 0) is 50.8 Å². The van der Waals surface area contributed by atoms with Crippen molar-refractivity contribution in [3.63, 3.8) is 0 Å². The van der Waals surface area contributed by atoms with Gasteiger partial charge >= 0.3 is 0 Å². The smallest absolute Gasteiger partial charge is 0.142 e. The number of hydrogen-bond acceptors (Lipinski definition) is 3. The molecule has 3 rings (SSSR count). The van der Waals surface area contributed by atoms with Crippen LogP contribution in [-0.4, -0.2) is 32.3 Å². The highest BCUT2D eigenvalue weighted by Gasteiger charge is 2.17. The van der Waals surface area contributed by atoms with Crippen molar-refractivity contribution >= 4 is 5.69 Å². The highest BCUT2D eigenvalue weighted by Crippen LogP contribution is 2.30. The average molecular weight is 274 g/mol. The van der Waals surface area contributed by atoms with Crippen LogP contribution in [-0.2, 0) is 0 Å². The highest BCUT2D eigenvalue weighted by atomic mass is 16.5. The molecule has 0 aliphatic carbocycles. The number of nitrogens with zero attached hydrogens (tertiary/aromatic N) is 1. The number of ether oxygens (including phenoxy) is 1. The SMILES string of the molecule is c1ccc2c(c1)OCCCN2CCCC1CCCCN1. The summed E-state index contributed by atoms with van der Waals surface area (Å²) in [7, 11) is 0. The van der Waals surface area contributed by atoms with Crippen LogP contribution in [0.25, 0.3) is 0 Å². The minimum atomic E-state index is 0.752. The number of rotatable bonds is 4. The summed E-state index contributed by atoms with van der Waals surface area (Å²) in [5, 5.41) is 3.65. The minimum Gasteiger partial charge on any atom is -0.491 e. The van der Waals surface area contributed by atoms with Gasteiger partial charge in [0.25, 0.3) is 0 Å². The van der Waals surface area contributed by atoms with Gasteiger partial charge in [-0.25, -0.2) is 0 Å². The molecule has 0 saturated carbocycles. The third kappa shape index (κ3) is 3.45. The van der Waals surface area contributed by atoms with E-state index >= 15 is 0 Å². The van der Waals surface area contributed by atoms with E-state index in [1.54, 1.807) is 0 Å². The Morgan fingerprint density at radius 3 is 3.05 bits per heavy atom. The molecule has 1 atom stereocenters. The molecule has 2 aliphatic heterocycles. The molecular weight excluding hydrogens is 248 g/mol. The predicted octanol–water partition coefficient (Wildman–Crippen LogP) is 3.20. The lowest BCUT2D eigenvalue weighted by molar-refractivity contribution is 0.322. The molecule has 1 N–H and O–H groups in total. The summed E-state index contributed by atoms with van der Waals surface area (Å²) in [5.74, 6) is 1.06. The number of anilines is 1. The molecule has 0 radical (unpaired) electrons. The van der Waals surface area contributed by atoms with E-state index in [0.29, 0.717) is 0 Å². The van der Waals surface area contributed by atoms with Crippen molar-refractivity contribution in [2.45, 2.75) is 44.6 Å². The topological polar surface area (TPSA) is 24.5 Å². The Labute approximate surface area is 122 Å². The molecular formula is C17H26N2O. The van der Waals surface area contributed by atoms with Crippen LogP contribution in [0.15, 0.2) is 24.3 Å². The van der Waals surface area contributed by atoms with Crippen molar-refractivity contribution in [3.05, 3.63) is 24.3 Å². The van der Waals surface area contributed by atoms with E-state index in [1.807, 2.05) is 0 Å². The van der Waals surface area contributed by atoms with E-state index in [9.17, 15) is 0 Å². The fourth-order valence-corrected chi connectivity index (χ4v) is 3.33. The second-order valence-corrected chi connectivity index (χ2v) is 5.95. The Balaban J connectivity index is 1.54. The van der Waals surface area contributed by atoms with Crippen molar-refractivity contribution in [2.75, 3.05) is 31.1 Å². The molecule has 1 fully saturated rings. The van der Waals surface area contributed by atoms with Crippen molar-refractivity contribution in [3.8, 4) is 5.75 Å². The maximum absolute atomic E-state index is 5.82. The Morgan fingerprint density at radius 1 is 1.20 bits per heavy atom. The van der Waals surface area contributed by atoms with Crippen LogP contribution in [0.4, 0.5) is 5.69 Å². The van der Waals surface area contributed by atoms with Crippen LogP contribution in [0.2, 0.25) is 0 Å². The first-order chi connectivity index (χ1) is 9.93. The van der Waals surface area contributed by atoms with Crippen molar-refractivity contribution in [1.82, 2.24) is 5.32 Å². The zero-order valence-electron chi connectivity index (χ0n) is 12.3. The number of para-hydroxylation sites is 2. The van der Waals surface area contributed by atoms with Gasteiger partial charge in [-0.15, -0.1) is 0 Å². The van der Waals surface area contributed by atoms with Gasteiger partial charge < -0.3 is 15.0 Å². The number of fused-ring (bicyclic) bond motifs is 1. The lowest BCUT2D eigenvalue weighted by Crippen LogP contribution is -2.35. The number of piperidine rings is 1. The van der Waals surface area contributed by atoms with Crippen molar-refractivity contribution < 1.29 is 4.74 Å². The first-order valence-electron chi connectivity index (χ1n) is 8.13. The molecule has 0 bridgehead atoms. The first-order valence-corrected chi connectivity index (χ1v) is 8.13.